The molecule has 0 amide bonds. The molecular weight excluding hydrogens is 1140 g/mol. The van der Waals surface area contributed by atoms with Gasteiger partial charge in [0.2, 0.25) is 0 Å². The largest absolute Gasteiger partial charge is 0.454 e. The fourth-order valence-electron chi connectivity index (χ4n) is 3.76. The lowest BCUT2D eigenvalue weighted by Crippen LogP contribution is -2.53. The Morgan fingerprint density at radius 3 is 0.722 bits per heavy atom. The van der Waals surface area contributed by atoms with Crippen LogP contribution in [0.25, 0.3) is 0 Å². The van der Waals surface area contributed by atoms with Crippen molar-refractivity contribution in [2.24, 2.45) is 0 Å². The minimum Gasteiger partial charge on any atom is -0.311 e. The summed E-state index contributed by atoms with van der Waals surface area (Å²) in [5.74, 6) is -47.7. The van der Waals surface area contributed by atoms with Crippen molar-refractivity contribution >= 4 is 0 Å². The molecule has 0 saturated carbocycles. The molecule has 2 saturated heterocycles. The van der Waals surface area contributed by atoms with Crippen LogP contribution in [0.5, 0.6) is 0 Å². The zero-order valence-electron chi connectivity index (χ0n) is 34.1. The summed E-state index contributed by atoms with van der Waals surface area (Å²) in [7, 11) is 0. The first-order chi connectivity index (χ1) is 30.9. The SMILES string of the molecule is FC(F)(CNCC(F)(F)CC(F)(F)C(F)(F)F)CC(F)(F)C(F)(F)F.FC(F)(F)C(F)(F)CNCC(F)(F)C(F)(F)F.FC(F)(F)CNCC(F)(F)F.FC1(F)CCNCC1(F)F.FC1(F)CNCC1(F)F. The first kappa shape index (κ1) is 73.4. The average molecular weight is 1170 g/mol. The highest BCUT2D eigenvalue weighted by Gasteiger charge is 2.64. The number of rotatable bonds is 14. The molecule has 72 heavy (non-hydrogen) atoms. The van der Waals surface area contributed by atoms with Gasteiger partial charge >= 0.3 is 84.4 Å². The molecule has 0 unspecified atom stereocenters. The highest BCUT2D eigenvalue weighted by atomic mass is 19.5. The van der Waals surface area contributed by atoms with Crippen LogP contribution < -0.4 is 26.6 Å². The van der Waals surface area contributed by atoms with Gasteiger partial charge in [0.25, 0.3) is 11.8 Å². The van der Waals surface area contributed by atoms with Crippen molar-refractivity contribution in [2.75, 3.05) is 65.4 Å². The van der Waals surface area contributed by atoms with Gasteiger partial charge in [0.15, 0.2) is 0 Å². The van der Waals surface area contributed by atoms with Crippen LogP contribution in [0.15, 0.2) is 0 Å². The Morgan fingerprint density at radius 1 is 0.292 bits per heavy atom. The van der Waals surface area contributed by atoms with Crippen LogP contribution in [-0.4, -0.2) is 162 Å². The Morgan fingerprint density at radius 2 is 0.528 bits per heavy atom. The summed E-state index contributed by atoms with van der Waals surface area (Å²) < 4.78 is 453. The molecule has 0 aromatic rings. The first-order valence-corrected chi connectivity index (χ1v) is 17.7. The summed E-state index contributed by atoms with van der Waals surface area (Å²) in [5.41, 5.74) is 0. The molecule has 5 nitrogen and oxygen atoms in total. The molecule has 2 aliphatic rings. The molecule has 0 bridgehead atoms. The van der Waals surface area contributed by atoms with E-state index in [9.17, 15) is 167 Å². The summed E-state index contributed by atoms with van der Waals surface area (Å²) in [6.07, 6.45) is -41.0. The van der Waals surface area contributed by atoms with E-state index in [1.54, 1.807) is 0 Å². The molecule has 0 aromatic heterocycles. The average Bonchev–Trinajstić information content (AvgIpc) is 3.31. The van der Waals surface area contributed by atoms with Crippen LogP contribution in [0.2, 0.25) is 0 Å². The monoisotopic (exact) mass is 1170 g/mol. The van der Waals surface area contributed by atoms with Gasteiger partial charge in [-0.1, -0.05) is 0 Å². The fraction of sp³-hybridized carbons (Fsp3) is 1.00. The summed E-state index contributed by atoms with van der Waals surface area (Å²) in [4.78, 5) is 0. The predicted octanol–water partition coefficient (Wildman–Crippen LogP) is 11.8. The molecule has 0 atom stereocenters. The van der Waals surface area contributed by atoms with Crippen molar-refractivity contribution in [3.05, 3.63) is 0 Å². The topological polar surface area (TPSA) is 60.1 Å². The Bertz CT molecular complexity index is 1440. The Hall–Kier alpha value is -2.86. The normalized spacial score (nSPS) is 19.1. The second-order valence-corrected chi connectivity index (χ2v) is 14.3. The van der Waals surface area contributed by atoms with Crippen LogP contribution in [0.4, 0.5) is 167 Å². The zero-order valence-corrected chi connectivity index (χ0v) is 34.1. The van der Waals surface area contributed by atoms with Gasteiger partial charge in [-0.3, -0.25) is 0 Å². The molecule has 2 rings (SSSR count). The number of nitrogens with one attached hydrogen (secondary N) is 5. The molecule has 0 aliphatic carbocycles. The number of hydrogen-bond acceptors (Lipinski definition) is 5. The summed E-state index contributed by atoms with van der Waals surface area (Å²) >= 11 is 0. The molecule has 2 fully saturated rings. The number of hydrogen-bond donors (Lipinski definition) is 5. The van der Waals surface area contributed by atoms with Crippen LogP contribution in [0, 0.1) is 0 Å². The summed E-state index contributed by atoms with van der Waals surface area (Å²) in [6, 6.07) is 0. The summed E-state index contributed by atoms with van der Waals surface area (Å²) in [5, 5.41) is 6.97. The Balaban J connectivity index is -0.000000876. The number of alkyl halides is 38. The van der Waals surface area contributed by atoms with Crippen molar-refractivity contribution < 1.29 is 167 Å². The number of halogens is 38. The molecule has 0 radical (unpaired) electrons. The van der Waals surface area contributed by atoms with Crippen molar-refractivity contribution in [3.63, 3.8) is 0 Å². The van der Waals surface area contributed by atoms with Gasteiger partial charge in [-0.15, -0.1) is 0 Å². The predicted molar refractivity (Wildman–Crippen MR) is 164 cm³/mol. The van der Waals surface area contributed by atoms with Gasteiger partial charge in [-0.05, 0) is 0 Å². The maximum Gasteiger partial charge on any atom is 0.454 e. The first-order valence-electron chi connectivity index (χ1n) is 17.7. The Labute approximate surface area is 375 Å². The third kappa shape index (κ3) is 27.1. The highest BCUT2D eigenvalue weighted by molar-refractivity contribution is 4.95. The molecular formula is C29H31F38N5. The second-order valence-electron chi connectivity index (χ2n) is 14.3. The standard InChI is InChI=1S/C10H9F14N.C6H5F10N.C5H7F4N.C4H5F6N.C4H5F4N/c11-5(12,1-7(15,16)9(19,20)21)3-25-4-6(13,14)2-8(17,18)10(22,23)24;7-3(8,5(11,12)13)1-17-2-4(9,10)6(14,15)16;6-4(7)1-2-10-3-5(4,8)9;5-3(6,7)1-11-2-4(8,9)10;5-3(6)1-9-2-4(3,7)8/h25H,1-4H2;17H,1-2H2;10H,1-3H2;11H,1-2H2;9H,1-2H2. The van der Waals surface area contributed by atoms with E-state index in [1.807, 2.05) is 5.32 Å². The minimum absolute atomic E-state index is 0.0391. The van der Waals surface area contributed by atoms with Gasteiger partial charge in [-0.2, -0.15) is 149 Å². The van der Waals surface area contributed by atoms with Gasteiger partial charge in [0.1, 0.15) is 0 Å². The van der Waals surface area contributed by atoms with Gasteiger partial charge < -0.3 is 26.6 Å². The minimum atomic E-state index is -6.35. The molecule has 2 heterocycles. The lowest BCUT2D eigenvalue weighted by Gasteiger charge is -2.31. The third-order valence-electron chi connectivity index (χ3n) is 7.46. The van der Waals surface area contributed by atoms with Crippen molar-refractivity contribution in [2.45, 2.75) is 116 Å². The Kier molecular flexibility index (Phi) is 25.3. The van der Waals surface area contributed by atoms with Crippen molar-refractivity contribution in [1.29, 1.82) is 0 Å². The van der Waals surface area contributed by atoms with Gasteiger partial charge in [0.05, 0.1) is 71.7 Å². The van der Waals surface area contributed by atoms with E-state index in [2.05, 4.69) is 5.32 Å². The van der Waals surface area contributed by atoms with E-state index in [4.69, 9.17) is 0 Å². The molecule has 438 valence electrons. The molecule has 43 heteroatoms. The van der Waals surface area contributed by atoms with Crippen LogP contribution in [-0.2, 0) is 0 Å². The lowest BCUT2D eigenvalue weighted by molar-refractivity contribution is -0.301. The van der Waals surface area contributed by atoms with E-state index in [-0.39, 0.29) is 6.54 Å². The van der Waals surface area contributed by atoms with E-state index >= 15 is 0 Å². The lowest BCUT2D eigenvalue weighted by atomic mass is 10.1. The molecule has 0 aromatic carbocycles. The van der Waals surface area contributed by atoms with Crippen molar-refractivity contribution in [3.8, 4) is 0 Å². The van der Waals surface area contributed by atoms with Crippen LogP contribution in [0.1, 0.15) is 19.3 Å². The smallest absolute Gasteiger partial charge is 0.311 e. The number of piperidine rings is 1. The maximum atomic E-state index is 12.9. The highest BCUT2D eigenvalue weighted by Crippen LogP contribution is 2.45. The van der Waals surface area contributed by atoms with E-state index in [0.717, 1.165) is 10.6 Å². The van der Waals surface area contributed by atoms with Crippen LogP contribution >= 0.6 is 0 Å². The fourth-order valence-corrected chi connectivity index (χ4v) is 3.76. The van der Waals surface area contributed by atoms with Crippen LogP contribution in [0.3, 0.4) is 0 Å². The second kappa shape index (κ2) is 24.9. The van der Waals surface area contributed by atoms with Crippen molar-refractivity contribution in [1.82, 2.24) is 26.6 Å². The van der Waals surface area contributed by atoms with E-state index < -0.39 is 174 Å². The van der Waals surface area contributed by atoms with Gasteiger partial charge in [0, 0.05) is 13.0 Å². The third-order valence-corrected chi connectivity index (χ3v) is 7.46. The quantitative estimate of drug-likeness (QED) is 0.112. The maximum absolute atomic E-state index is 12.9. The van der Waals surface area contributed by atoms with Gasteiger partial charge in [-0.25, -0.2) is 17.6 Å². The summed E-state index contributed by atoms with van der Waals surface area (Å²) in [6.45, 7) is -15.2. The molecule has 0 spiro atoms. The zero-order chi connectivity index (χ0) is 58.7. The van der Waals surface area contributed by atoms with E-state index in [0.29, 0.717) is 0 Å². The van der Waals surface area contributed by atoms with E-state index in [1.165, 1.54) is 5.32 Å². The molecule has 2 aliphatic heterocycles. The molecule has 5 N–H and O–H groups in total.